The zero-order valence-electron chi connectivity index (χ0n) is 13.8. The van der Waals surface area contributed by atoms with Gasteiger partial charge in [0.25, 0.3) is 0 Å². The van der Waals surface area contributed by atoms with Gasteiger partial charge in [-0.25, -0.2) is 0 Å². The van der Waals surface area contributed by atoms with E-state index in [4.69, 9.17) is 4.74 Å². The lowest BCUT2D eigenvalue weighted by Crippen LogP contribution is -2.49. The number of benzene rings is 1. The summed E-state index contributed by atoms with van der Waals surface area (Å²) in [5, 5.41) is 2.71. The third-order valence-electron chi connectivity index (χ3n) is 3.32. The van der Waals surface area contributed by atoms with E-state index in [1.165, 1.54) is 6.92 Å². The molecule has 0 saturated heterocycles. The van der Waals surface area contributed by atoms with Crippen molar-refractivity contribution in [3.8, 4) is 5.75 Å². The van der Waals surface area contributed by atoms with E-state index in [1.807, 2.05) is 44.2 Å². The smallest absolute Gasteiger partial charge is 0.245 e. The Morgan fingerprint density at radius 3 is 2.41 bits per heavy atom. The molecule has 0 aliphatic rings. The van der Waals surface area contributed by atoms with Gasteiger partial charge in [-0.3, -0.25) is 9.59 Å². The van der Waals surface area contributed by atoms with Crippen molar-refractivity contribution in [3.05, 3.63) is 30.3 Å². The van der Waals surface area contributed by atoms with Crippen LogP contribution in [0.15, 0.2) is 30.3 Å². The van der Waals surface area contributed by atoms with Gasteiger partial charge >= 0.3 is 0 Å². The monoisotopic (exact) mass is 306 g/mol. The Morgan fingerprint density at radius 2 is 1.86 bits per heavy atom. The van der Waals surface area contributed by atoms with Gasteiger partial charge in [0.05, 0.1) is 6.61 Å². The second-order valence-corrected chi connectivity index (χ2v) is 5.70. The van der Waals surface area contributed by atoms with Gasteiger partial charge in [0, 0.05) is 20.5 Å². The van der Waals surface area contributed by atoms with E-state index in [0.29, 0.717) is 13.2 Å². The first kappa shape index (κ1) is 18.0. The van der Waals surface area contributed by atoms with Crippen molar-refractivity contribution in [2.24, 2.45) is 5.92 Å². The number of likely N-dealkylation sites (N-methyl/N-ethyl adjacent to an activating group) is 1. The third kappa shape index (κ3) is 6.16. The molecule has 1 atom stereocenters. The van der Waals surface area contributed by atoms with Crippen LogP contribution in [-0.4, -0.2) is 43.0 Å². The minimum atomic E-state index is -0.474. The van der Waals surface area contributed by atoms with Gasteiger partial charge in [0.15, 0.2) is 0 Å². The number of carbonyl (C=O) groups is 2. The van der Waals surface area contributed by atoms with E-state index in [2.05, 4.69) is 5.32 Å². The van der Waals surface area contributed by atoms with Crippen molar-refractivity contribution in [2.45, 2.75) is 33.2 Å². The van der Waals surface area contributed by atoms with Gasteiger partial charge in [-0.15, -0.1) is 0 Å². The van der Waals surface area contributed by atoms with Crippen molar-refractivity contribution >= 4 is 11.8 Å². The second kappa shape index (κ2) is 9.07. The van der Waals surface area contributed by atoms with Crippen LogP contribution in [0.25, 0.3) is 0 Å². The fraction of sp³-hybridized carbons (Fsp3) is 0.529. The zero-order chi connectivity index (χ0) is 16.5. The Hall–Kier alpha value is -2.04. The van der Waals surface area contributed by atoms with Crippen molar-refractivity contribution in [1.29, 1.82) is 0 Å². The molecule has 5 nitrogen and oxygen atoms in total. The molecule has 1 rings (SSSR count). The van der Waals surface area contributed by atoms with Gasteiger partial charge in [-0.2, -0.15) is 0 Å². The highest BCUT2D eigenvalue weighted by molar-refractivity contribution is 5.86. The third-order valence-corrected chi connectivity index (χ3v) is 3.32. The van der Waals surface area contributed by atoms with Gasteiger partial charge in [-0.1, -0.05) is 32.0 Å². The van der Waals surface area contributed by atoms with Gasteiger partial charge in [0.1, 0.15) is 11.8 Å². The van der Waals surface area contributed by atoms with E-state index in [0.717, 1.165) is 12.2 Å². The van der Waals surface area contributed by atoms with E-state index in [-0.39, 0.29) is 17.7 Å². The maximum Gasteiger partial charge on any atom is 0.245 e. The van der Waals surface area contributed by atoms with Gasteiger partial charge in [0.2, 0.25) is 11.8 Å². The number of para-hydroxylation sites is 1. The average Bonchev–Trinajstić information content (AvgIpc) is 2.49. The molecule has 1 aromatic carbocycles. The van der Waals surface area contributed by atoms with Crippen LogP contribution in [0, 0.1) is 5.92 Å². The van der Waals surface area contributed by atoms with Gasteiger partial charge in [-0.05, 0) is 24.5 Å². The summed E-state index contributed by atoms with van der Waals surface area (Å²) in [7, 11) is 1.75. The summed E-state index contributed by atoms with van der Waals surface area (Å²) in [5.41, 5.74) is 0. The van der Waals surface area contributed by atoms with Gasteiger partial charge < -0.3 is 15.0 Å². The normalized spacial score (nSPS) is 11.9. The fourth-order valence-corrected chi connectivity index (χ4v) is 2.09. The number of nitrogens with zero attached hydrogens (tertiary/aromatic N) is 1. The Kier molecular flexibility index (Phi) is 7.43. The number of nitrogens with one attached hydrogen (secondary N) is 1. The summed E-state index contributed by atoms with van der Waals surface area (Å²) in [6.45, 7) is 6.41. The molecule has 0 aliphatic carbocycles. The predicted octanol–water partition coefficient (Wildman–Crippen LogP) is 2.07. The molecule has 0 aliphatic heterocycles. The van der Waals surface area contributed by atoms with Crippen molar-refractivity contribution in [2.75, 3.05) is 20.2 Å². The molecule has 0 radical (unpaired) electrons. The van der Waals surface area contributed by atoms with Crippen LogP contribution < -0.4 is 10.1 Å². The Morgan fingerprint density at radius 1 is 1.23 bits per heavy atom. The van der Waals surface area contributed by atoms with Crippen LogP contribution >= 0.6 is 0 Å². The second-order valence-electron chi connectivity index (χ2n) is 5.70. The zero-order valence-corrected chi connectivity index (χ0v) is 13.8. The van der Waals surface area contributed by atoms with E-state index in [9.17, 15) is 9.59 Å². The first-order chi connectivity index (χ1) is 10.4. The fourth-order valence-electron chi connectivity index (χ4n) is 2.09. The molecule has 2 amide bonds. The van der Waals surface area contributed by atoms with E-state index < -0.39 is 6.04 Å². The first-order valence-corrected chi connectivity index (χ1v) is 7.61. The molecule has 0 spiro atoms. The molecule has 1 N–H and O–H groups in total. The van der Waals surface area contributed by atoms with Crippen molar-refractivity contribution in [1.82, 2.24) is 10.2 Å². The van der Waals surface area contributed by atoms with E-state index >= 15 is 0 Å². The largest absolute Gasteiger partial charge is 0.494 e. The Balaban J connectivity index is 2.38. The molecule has 22 heavy (non-hydrogen) atoms. The number of rotatable bonds is 8. The summed E-state index contributed by atoms with van der Waals surface area (Å²) >= 11 is 0. The summed E-state index contributed by atoms with van der Waals surface area (Å²) in [6.07, 6.45) is 0.738. The number of hydrogen-bond acceptors (Lipinski definition) is 3. The number of amides is 2. The molecule has 122 valence electrons. The maximum absolute atomic E-state index is 12.4. The summed E-state index contributed by atoms with van der Waals surface area (Å²) in [6, 6.07) is 9.11. The van der Waals surface area contributed by atoms with Crippen LogP contribution in [0.4, 0.5) is 0 Å². The van der Waals surface area contributed by atoms with E-state index in [1.54, 1.807) is 11.9 Å². The van der Waals surface area contributed by atoms with Crippen LogP contribution in [-0.2, 0) is 9.59 Å². The van der Waals surface area contributed by atoms with Crippen LogP contribution in [0.1, 0.15) is 27.2 Å². The summed E-state index contributed by atoms with van der Waals surface area (Å²) in [4.78, 5) is 25.2. The lowest BCUT2D eigenvalue weighted by Gasteiger charge is -2.26. The molecule has 0 heterocycles. The number of ether oxygens (including phenoxy) is 1. The highest BCUT2D eigenvalue weighted by Gasteiger charge is 2.25. The quantitative estimate of drug-likeness (QED) is 0.748. The van der Waals surface area contributed by atoms with Crippen LogP contribution in [0.5, 0.6) is 5.75 Å². The molecule has 0 aromatic heterocycles. The van der Waals surface area contributed by atoms with Crippen molar-refractivity contribution in [3.63, 3.8) is 0 Å². The summed E-state index contributed by atoms with van der Waals surface area (Å²) < 4.78 is 5.60. The molecular formula is C17H26N2O3. The SMILES string of the molecule is CC(=O)N[C@H](C(=O)N(C)CCCOc1ccccc1)C(C)C. The molecule has 0 saturated carbocycles. The van der Waals surface area contributed by atoms with Crippen LogP contribution in [0.2, 0.25) is 0 Å². The topological polar surface area (TPSA) is 58.6 Å². The Labute approximate surface area is 132 Å². The number of hydrogen-bond donors (Lipinski definition) is 1. The standard InChI is InChI=1S/C17H26N2O3/c1-13(2)16(18-14(3)20)17(21)19(4)11-8-12-22-15-9-6-5-7-10-15/h5-7,9-10,13,16H,8,11-12H2,1-4H3,(H,18,20)/t16-/m0/s1. The minimum Gasteiger partial charge on any atom is -0.494 e. The molecule has 5 heteroatoms. The number of carbonyl (C=O) groups excluding carboxylic acids is 2. The van der Waals surface area contributed by atoms with Crippen molar-refractivity contribution < 1.29 is 14.3 Å². The highest BCUT2D eigenvalue weighted by atomic mass is 16.5. The average molecular weight is 306 g/mol. The highest BCUT2D eigenvalue weighted by Crippen LogP contribution is 2.09. The maximum atomic E-state index is 12.4. The first-order valence-electron chi connectivity index (χ1n) is 7.61. The molecule has 0 fully saturated rings. The lowest BCUT2D eigenvalue weighted by molar-refractivity contribution is -0.136. The van der Waals surface area contributed by atoms with Crippen LogP contribution in [0.3, 0.4) is 0 Å². The molecular weight excluding hydrogens is 280 g/mol. The lowest BCUT2D eigenvalue weighted by atomic mass is 10.0. The summed E-state index contributed by atoms with van der Waals surface area (Å²) in [5.74, 6) is 0.631. The molecule has 1 aromatic rings. The molecule has 0 bridgehead atoms. The minimum absolute atomic E-state index is 0.0550. The molecule has 0 unspecified atom stereocenters. The Bertz CT molecular complexity index is 474. The predicted molar refractivity (Wildman–Crippen MR) is 86.6 cm³/mol.